The van der Waals surface area contributed by atoms with Gasteiger partial charge in [-0.15, -0.1) is 0 Å². The van der Waals surface area contributed by atoms with Crippen LogP contribution >= 0.6 is 0 Å². The summed E-state index contributed by atoms with van der Waals surface area (Å²) in [6.07, 6.45) is 3.52. The van der Waals surface area contributed by atoms with Crippen LogP contribution in [0.3, 0.4) is 0 Å². The van der Waals surface area contributed by atoms with Crippen molar-refractivity contribution < 1.29 is 14.3 Å². The third-order valence-corrected chi connectivity index (χ3v) is 5.98. The second-order valence-corrected chi connectivity index (χ2v) is 8.50. The number of phenolic OH excluding ortho intramolecular Hbond substituents is 1. The maximum absolute atomic E-state index is 13.3. The molecule has 158 valence electrons. The Labute approximate surface area is 176 Å². The molecule has 1 aromatic heterocycles. The molecule has 30 heavy (non-hydrogen) atoms. The van der Waals surface area contributed by atoms with Crippen LogP contribution in [0.5, 0.6) is 17.2 Å². The van der Waals surface area contributed by atoms with Crippen molar-refractivity contribution in [2.24, 2.45) is 0 Å². The number of benzene rings is 2. The molecule has 0 aliphatic carbocycles. The molecule has 0 spiro atoms. The third kappa shape index (κ3) is 3.94. The standard InChI is InChI=1S/C25H29NO4/c1-15-11-16(2)13-19(12-15)30-24-18(4)29-25-20(23(24)28)8-9-22(27)21(25)14-26-10-6-5-7-17(26)3/h8-9,11-13,17,27H,5-7,10,14H2,1-4H3/t17-/m0/s1. The van der Waals surface area contributed by atoms with E-state index in [1.165, 1.54) is 6.42 Å². The van der Waals surface area contributed by atoms with Crippen LogP contribution in [0.2, 0.25) is 0 Å². The average molecular weight is 408 g/mol. The van der Waals surface area contributed by atoms with E-state index >= 15 is 0 Å². The van der Waals surface area contributed by atoms with Crippen LogP contribution in [0.4, 0.5) is 0 Å². The van der Waals surface area contributed by atoms with Gasteiger partial charge in [-0.3, -0.25) is 9.69 Å². The van der Waals surface area contributed by atoms with Gasteiger partial charge in [-0.05, 0) is 82.5 Å². The highest BCUT2D eigenvalue weighted by Gasteiger charge is 2.23. The molecule has 0 amide bonds. The Morgan fingerprint density at radius 3 is 2.57 bits per heavy atom. The summed E-state index contributed by atoms with van der Waals surface area (Å²) in [7, 11) is 0. The van der Waals surface area contributed by atoms with Gasteiger partial charge in [0.25, 0.3) is 0 Å². The van der Waals surface area contributed by atoms with Crippen molar-refractivity contribution in [3.8, 4) is 17.2 Å². The van der Waals surface area contributed by atoms with Crippen LogP contribution in [-0.4, -0.2) is 22.6 Å². The zero-order valence-electron chi connectivity index (χ0n) is 18.1. The molecule has 0 radical (unpaired) electrons. The number of piperidine rings is 1. The second-order valence-electron chi connectivity index (χ2n) is 8.50. The Kier molecular flexibility index (Phi) is 5.56. The van der Waals surface area contributed by atoms with Crippen molar-refractivity contribution in [1.29, 1.82) is 0 Å². The van der Waals surface area contributed by atoms with Gasteiger partial charge in [0.15, 0.2) is 0 Å². The van der Waals surface area contributed by atoms with E-state index in [-0.39, 0.29) is 16.9 Å². The first-order valence-corrected chi connectivity index (χ1v) is 10.6. The second kappa shape index (κ2) is 8.15. The van der Waals surface area contributed by atoms with Crippen LogP contribution in [0.1, 0.15) is 48.6 Å². The van der Waals surface area contributed by atoms with E-state index in [0.717, 1.165) is 30.5 Å². The quantitative estimate of drug-likeness (QED) is 0.611. The molecule has 5 nitrogen and oxygen atoms in total. The minimum Gasteiger partial charge on any atom is -0.507 e. The monoisotopic (exact) mass is 407 g/mol. The number of hydrogen-bond acceptors (Lipinski definition) is 5. The maximum atomic E-state index is 13.3. The van der Waals surface area contributed by atoms with Crippen molar-refractivity contribution in [3.05, 3.63) is 63.0 Å². The maximum Gasteiger partial charge on any atom is 0.235 e. The van der Waals surface area contributed by atoms with Crippen molar-refractivity contribution >= 4 is 11.0 Å². The molecular weight excluding hydrogens is 378 g/mol. The number of hydrogen-bond donors (Lipinski definition) is 1. The fraction of sp³-hybridized carbons (Fsp3) is 0.400. The molecule has 1 atom stereocenters. The SMILES string of the molecule is Cc1cc(C)cc(Oc2c(C)oc3c(CN4CCCC[C@@H]4C)c(O)ccc3c2=O)c1. The number of likely N-dealkylation sites (tertiary alicyclic amines) is 1. The van der Waals surface area contributed by atoms with E-state index < -0.39 is 0 Å². The summed E-state index contributed by atoms with van der Waals surface area (Å²) < 4.78 is 12.1. The molecule has 1 aliphatic rings. The Balaban J connectivity index is 1.77. The number of rotatable bonds is 4. The molecule has 2 aromatic carbocycles. The summed E-state index contributed by atoms with van der Waals surface area (Å²) in [4.78, 5) is 15.6. The van der Waals surface area contributed by atoms with Gasteiger partial charge < -0.3 is 14.3 Å². The Morgan fingerprint density at radius 1 is 1.13 bits per heavy atom. The summed E-state index contributed by atoms with van der Waals surface area (Å²) in [6.45, 7) is 9.46. The highest BCUT2D eigenvalue weighted by atomic mass is 16.5. The molecule has 2 heterocycles. The number of aryl methyl sites for hydroxylation is 3. The zero-order chi connectivity index (χ0) is 21.4. The zero-order valence-corrected chi connectivity index (χ0v) is 18.1. The molecule has 5 heteroatoms. The predicted octanol–water partition coefficient (Wildman–Crippen LogP) is 5.59. The highest BCUT2D eigenvalue weighted by Crippen LogP contribution is 2.33. The van der Waals surface area contributed by atoms with Crippen LogP contribution in [0, 0.1) is 20.8 Å². The van der Waals surface area contributed by atoms with Gasteiger partial charge in [0.05, 0.1) is 10.9 Å². The molecule has 1 N–H and O–H groups in total. The third-order valence-electron chi connectivity index (χ3n) is 5.98. The van der Waals surface area contributed by atoms with E-state index in [0.29, 0.717) is 40.6 Å². The number of nitrogens with zero attached hydrogens (tertiary/aromatic N) is 1. The van der Waals surface area contributed by atoms with Gasteiger partial charge >= 0.3 is 0 Å². The Bertz CT molecular complexity index is 1130. The molecule has 1 aliphatic heterocycles. The van der Waals surface area contributed by atoms with Crippen LogP contribution in [0.25, 0.3) is 11.0 Å². The van der Waals surface area contributed by atoms with E-state index in [4.69, 9.17) is 9.15 Å². The summed E-state index contributed by atoms with van der Waals surface area (Å²) in [5.41, 5.74) is 3.02. The molecule has 0 saturated carbocycles. The van der Waals surface area contributed by atoms with Crippen molar-refractivity contribution in [2.45, 2.75) is 59.5 Å². The largest absolute Gasteiger partial charge is 0.507 e. The Morgan fingerprint density at radius 2 is 1.87 bits per heavy atom. The molecule has 1 fully saturated rings. The Hall–Kier alpha value is -2.79. The van der Waals surface area contributed by atoms with Gasteiger partial charge in [-0.1, -0.05) is 12.5 Å². The first-order chi connectivity index (χ1) is 14.3. The van der Waals surface area contributed by atoms with Gasteiger partial charge in [-0.25, -0.2) is 0 Å². The van der Waals surface area contributed by atoms with Crippen LogP contribution < -0.4 is 10.2 Å². The summed E-state index contributed by atoms with van der Waals surface area (Å²) in [5, 5.41) is 11.0. The smallest absolute Gasteiger partial charge is 0.235 e. The number of ether oxygens (including phenoxy) is 1. The van der Waals surface area contributed by atoms with Gasteiger partial charge in [-0.2, -0.15) is 0 Å². The van der Waals surface area contributed by atoms with Crippen molar-refractivity contribution in [3.63, 3.8) is 0 Å². The molecule has 0 bridgehead atoms. The first-order valence-electron chi connectivity index (χ1n) is 10.6. The fourth-order valence-corrected chi connectivity index (χ4v) is 4.37. The summed E-state index contributed by atoms with van der Waals surface area (Å²) in [5.74, 6) is 1.37. The lowest BCUT2D eigenvalue weighted by molar-refractivity contribution is 0.151. The lowest BCUT2D eigenvalue weighted by atomic mass is 10.0. The fourth-order valence-electron chi connectivity index (χ4n) is 4.37. The van der Waals surface area contributed by atoms with E-state index in [9.17, 15) is 9.90 Å². The normalized spacial score (nSPS) is 17.4. The number of fused-ring (bicyclic) bond motifs is 1. The molecule has 1 saturated heterocycles. The molecular formula is C25H29NO4. The predicted molar refractivity (Wildman–Crippen MR) is 119 cm³/mol. The van der Waals surface area contributed by atoms with E-state index in [1.807, 2.05) is 26.0 Å². The molecule has 0 unspecified atom stereocenters. The molecule has 3 aromatic rings. The van der Waals surface area contributed by atoms with Gasteiger partial charge in [0, 0.05) is 12.6 Å². The van der Waals surface area contributed by atoms with Crippen LogP contribution in [-0.2, 0) is 6.54 Å². The lowest BCUT2D eigenvalue weighted by Crippen LogP contribution is -2.36. The summed E-state index contributed by atoms with van der Waals surface area (Å²) >= 11 is 0. The average Bonchev–Trinajstić information content (AvgIpc) is 2.68. The minimum absolute atomic E-state index is 0.158. The number of phenols is 1. The van der Waals surface area contributed by atoms with E-state index in [1.54, 1.807) is 19.1 Å². The minimum atomic E-state index is -0.221. The molecule has 4 rings (SSSR count). The van der Waals surface area contributed by atoms with Gasteiger partial charge in [0.2, 0.25) is 11.2 Å². The van der Waals surface area contributed by atoms with Gasteiger partial charge in [0.1, 0.15) is 22.8 Å². The van der Waals surface area contributed by atoms with Crippen LogP contribution in [0.15, 0.2) is 39.5 Å². The summed E-state index contributed by atoms with van der Waals surface area (Å²) in [6, 6.07) is 9.49. The number of aromatic hydroxyl groups is 1. The highest BCUT2D eigenvalue weighted by molar-refractivity contribution is 5.83. The first kappa shape index (κ1) is 20.5. The van der Waals surface area contributed by atoms with E-state index in [2.05, 4.69) is 17.9 Å². The lowest BCUT2D eigenvalue weighted by Gasteiger charge is -2.33. The van der Waals surface area contributed by atoms with Crippen molar-refractivity contribution in [2.75, 3.05) is 6.54 Å². The van der Waals surface area contributed by atoms with Crippen molar-refractivity contribution in [1.82, 2.24) is 4.90 Å². The topological polar surface area (TPSA) is 62.9 Å².